The van der Waals surface area contributed by atoms with E-state index in [0.29, 0.717) is 21.7 Å². The first kappa shape index (κ1) is 11.0. The second-order valence-electron chi connectivity index (χ2n) is 4.07. The predicted molar refractivity (Wildman–Crippen MR) is 59.7 cm³/mol. The van der Waals surface area contributed by atoms with Crippen LogP contribution >= 0.6 is 11.6 Å². The van der Waals surface area contributed by atoms with Gasteiger partial charge in [-0.05, 0) is 26.0 Å². The van der Waals surface area contributed by atoms with Crippen molar-refractivity contribution in [2.45, 2.75) is 19.3 Å². The summed E-state index contributed by atoms with van der Waals surface area (Å²) >= 11 is 6.02. The fourth-order valence-corrected chi connectivity index (χ4v) is 1.73. The highest BCUT2D eigenvalue weighted by Crippen LogP contribution is 2.34. The summed E-state index contributed by atoms with van der Waals surface area (Å²) in [5, 5.41) is 14.0. The SMILES string of the molecule is CC(C)(C(=O)O)c1noc2cccc(Cl)c12. The summed E-state index contributed by atoms with van der Waals surface area (Å²) in [6, 6.07) is 5.12. The minimum atomic E-state index is -1.13. The molecule has 0 aliphatic carbocycles. The topological polar surface area (TPSA) is 63.3 Å². The number of halogens is 1. The van der Waals surface area contributed by atoms with Crippen LogP contribution in [-0.4, -0.2) is 16.2 Å². The van der Waals surface area contributed by atoms with Crippen LogP contribution in [0.25, 0.3) is 11.0 Å². The Morgan fingerprint density at radius 3 is 2.81 bits per heavy atom. The summed E-state index contributed by atoms with van der Waals surface area (Å²) in [7, 11) is 0. The van der Waals surface area contributed by atoms with Crippen molar-refractivity contribution in [2.75, 3.05) is 0 Å². The van der Waals surface area contributed by atoms with Gasteiger partial charge >= 0.3 is 5.97 Å². The number of benzene rings is 1. The van der Waals surface area contributed by atoms with Crippen LogP contribution in [0.2, 0.25) is 5.02 Å². The fraction of sp³-hybridized carbons (Fsp3) is 0.273. The zero-order valence-corrected chi connectivity index (χ0v) is 9.58. The van der Waals surface area contributed by atoms with Gasteiger partial charge in [0.25, 0.3) is 0 Å². The standard InChI is InChI=1S/C11H10ClNO3/c1-11(2,10(14)15)9-8-6(12)4-3-5-7(8)16-13-9/h3-5H,1-2H3,(H,14,15). The Labute approximate surface area is 96.8 Å². The predicted octanol–water partition coefficient (Wildman–Crippen LogP) is 2.84. The number of rotatable bonds is 2. The smallest absolute Gasteiger partial charge is 0.315 e. The fourth-order valence-electron chi connectivity index (χ4n) is 1.48. The third kappa shape index (κ3) is 1.46. The molecular formula is C11H10ClNO3. The van der Waals surface area contributed by atoms with Crippen LogP contribution in [0, 0.1) is 0 Å². The molecule has 5 heteroatoms. The van der Waals surface area contributed by atoms with Crippen LogP contribution in [0.1, 0.15) is 19.5 Å². The van der Waals surface area contributed by atoms with E-state index < -0.39 is 11.4 Å². The van der Waals surface area contributed by atoms with E-state index in [9.17, 15) is 4.79 Å². The van der Waals surface area contributed by atoms with Crippen LogP contribution in [0.15, 0.2) is 22.7 Å². The lowest BCUT2D eigenvalue weighted by molar-refractivity contribution is -0.142. The lowest BCUT2D eigenvalue weighted by Crippen LogP contribution is -2.29. The van der Waals surface area contributed by atoms with Crippen LogP contribution < -0.4 is 0 Å². The Kier molecular flexibility index (Phi) is 2.39. The average molecular weight is 240 g/mol. The van der Waals surface area contributed by atoms with Crippen LogP contribution in [0.4, 0.5) is 0 Å². The lowest BCUT2D eigenvalue weighted by Gasteiger charge is -2.15. The molecule has 0 fully saturated rings. The van der Waals surface area contributed by atoms with E-state index in [0.717, 1.165) is 0 Å². The van der Waals surface area contributed by atoms with Crippen LogP contribution in [-0.2, 0) is 10.2 Å². The Bertz CT molecular complexity index is 559. The minimum Gasteiger partial charge on any atom is -0.481 e. The van der Waals surface area contributed by atoms with E-state index >= 15 is 0 Å². The molecule has 0 saturated carbocycles. The number of hydrogen-bond donors (Lipinski definition) is 1. The third-order valence-corrected chi connectivity index (χ3v) is 2.89. The molecule has 1 N–H and O–H groups in total. The second-order valence-corrected chi connectivity index (χ2v) is 4.48. The van der Waals surface area contributed by atoms with Crippen molar-refractivity contribution in [3.05, 3.63) is 28.9 Å². The van der Waals surface area contributed by atoms with Gasteiger partial charge in [0.2, 0.25) is 0 Å². The highest BCUT2D eigenvalue weighted by molar-refractivity contribution is 6.35. The molecule has 84 valence electrons. The summed E-state index contributed by atoms with van der Waals surface area (Å²) in [4.78, 5) is 11.1. The van der Waals surface area contributed by atoms with Crippen molar-refractivity contribution in [1.82, 2.24) is 5.16 Å². The van der Waals surface area contributed by atoms with Crippen LogP contribution in [0.3, 0.4) is 0 Å². The zero-order chi connectivity index (χ0) is 11.9. The van der Waals surface area contributed by atoms with Gasteiger partial charge in [0.1, 0.15) is 11.1 Å². The lowest BCUT2D eigenvalue weighted by atomic mass is 9.87. The first-order valence-electron chi connectivity index (χ1n) is 4.72. The maximum Gasteiger partial charge on any atom is 0.315 e. The van der Waals surface area contributed by atoms with E-state index in [1.807, 2.05) is 0 Å². The van der Waals surface area contributed by atoms with Gasteiger partial charge in [0, 0.05) is 0 Å². The summed E-state index contributed by atoms with van der Waals surface area (Å²) < 4.78 is 5.07. The molecule has 0 aliphatic heterocycles. The third-order valence-electron chi connectivity index (χ3n) is 2.57. The molecule has 1 aromatic carbocycles. The van der Waals surface area contributed by atoms with E-state index in [1.54, 1.807) is 32.0 Å². The molecule has 0 spiro atoms. The summed E-state index contributed by atoms with van der Waals surface area (Å²) in [6.07, 6.45) is 0. The highest BCUT2D eigenvalue weighted by atomic mass is 35.5. The van der Waals surface area contributed by atoms with Gasteiger partial charge in [0.05, 0.1) is 10.4 Å². The monoisotopic (exact) mass is 239 g/mol. The number of carbonyl (C=O) groups is 1. The Morgan fingerprint density at radius 1 is 1.50 bits per heavy atom. The van der Waals surface area contributed by atoms with Crippen molar-refractivity contribution in [3.63, 3.8) is 0 Å². The molecule has 1 heterocycles. The van der Waals surface area contributed by atoms with Crippen molar-refractivity contribution in [2.24, 2.45) is 0 Å². The van der Waals surface area contributed by atoms with Crippen molar-refractivity contribution in [1.29, 1.82) is 0 Å². The second kappa shape index (κ2) is 3.49. The molecule has 0 atom stereocenters. The van der Waals surface area contributed by atoms with E-state index in [1.165, 1.54) is 0 Å². The molecule has 16 heavy (non-hydrogen) atoms. The summed E-state index contributed by atoms with van der Waals surface area (Å²) in [6.45, 7) is 3.13. The molecule has 2 aromatic rings. The molecule has 0 radical (unpaired) electrons. The molecule has 0 aliphatic rings. The number of carboxylic acid groups (broad SMARTS) is 1. The van der Waals surface area contributed by atoms with Crippen molar-refractivity contribution >= 4 is 28.5 Å². The van der Waals surface area contributed by atoms with E-state index in [2.05, 4.69) is 5.16 Å². The van der Waals surface area contributed by atoms with Crippen LogP contribution in [0.5, 0.6) is 0 Å². The summed E-state index contributed by atoms with van der Waals surface area (Å²) in [5.74, 6) is -0.970. The van der Waals surface area contributed by atoms with Gasteiger partial charge in [-0.3, -0.25) is 4.79 Å². The van der Waals surface area contributed by atoms with Gasteiger partial charge in [-0.1, -0.05) is 22.8 Å². The molecule has 2 rings (SSSR count). The molecule has 0 bridgehead atoms. The molecule has 4 nitrogen and oxygen atoms in total. The first-order valence-corrected chi connectivity index (χ1v) is 5.10. The van der Waals surface area contributed by atoms with Gasteiger partial charge in [-0.25, -0.2) is 0 Å². The van der Waals surface area contributed by atoms with Gasteiger partial charge in [-0.2, -0.15) is 0 Å². The number of hydrogen-bond acceptors (Lipinski definition) is 3. The van der Waals surface area contributed by atoms with E-state index in [-0.39, 0.29) is 0 Å². The number of carboxylic acids is 1. The largest absolute Gasteiger partial charge is 0.481 e. The molecule has 0 amide bonds. The Morgan fingerprint density at radius 2 is 2.19 bits per heavy atom. The average Bonchev–Trinajstić information content (AvgIpc) is 2.63. The first-order chi connectivity index (χ1) is 7.44. The van der Waals surface area contributed by atoms with E-state index in [4.69, 9.17) is 21.2 Å². The molecule has 1 aromatic heterocycles. The number of aromatic nitrogens is 1. The van der Waals surface area contributed by atoms with Crippen molar-refractivity contribution < 1.29 is 14.4 Å². The van der Waals surface area contributed by atoms with Gasteiger partial charge in [0.15, 0.2) is 5.58 Å². The number of aliphatic carboxylic acids is 1. The highest BCUT2D eigenvalue weighted by Gasteiger charge is 2.35. The summed E-state index contributed by atoms with van der Waals surface area (Å²) in [5.41, 5.74) is -0.284. The maximum absolute atomic E-state index is 11.1. The van der Waals surface area contributed by atoms with Gasteiger partial charge < -0.3 is 9.63 Å². The van der Waals surface area contributed by atoms with Gasteiger partial charge in [-0.15, -0.1) is 0 Å². The normalized spacial score (nSPS) is 11.9. The van der Waals surface area contributed by atoms with Crippen molar-refractivity contribution in [3.8, 4) is 0 Å². The zero-order valence-electron chi connectivity index (χ0n) is 8.82. The Hall–Kier alpha value is -1.55. The minimum absolute atomic E-state index is 0.348. The maximum atomic E-state index is 11.1. The number of fused-ring (bicyclic) bond motifs is 1. The molecular weight excluding hydrogens is 230 g/mol. The molecule has 0 saturated heterocycles. The molecule has 0 unspecified atom stereocenters. The quantitative estimate of drug-likeness (QED) is 0.875. The number of nitrogens with zero attached hydrogens (tertiary/aromatic N) is 1. The Balaban J connectivity index is 2.76.